The van der Waals surface area contributed by atoms with E-state index in [1.807, 2.05) is 0 Å². The summed E-state index contributed by atoms with van der Waals surface area (Å²) in [5.41, 5.74) is 0.770. The van der Waals surface area contributed by atoms with Crippen LogP contribution in [0.15, 0.2) is 65.8 Å². The van der Waals surface area contributed by atoms with E-state index in [0.29, 0.717) is 11.4 Å². The molecule has 1 atom stereocenters. The van der Waals surface area contributed by atoms with Crippen LogP contribution < -0.4 is 4.72 Å². The zero-order valence-corrected chi connectivity index (χ0v) is 16.0. The second-order valence-electron chi connectivity index (χ2n) is 6.02. The van der Waals surface area contributed by atoms with Crippen molar-refractivity contribution < 1.29 is 22.3 Å². The van der Waals surface area contributed by atoms with Gasteiger partial charge >= 0.3 is 5.97 Å². The van der Waals surface area contributed by atoms with Crippen molar-refractivity contribution in [3.63, 3.8) is 0 Å². The SMILES string of the molecule is COC(=O)c1ccc(S(=O)(=O)NC(c2ccc(F)cc2)c2nccn2C)cc1. The Morgan fingerprint density at radius 3 is 2.32 bits per heavy atom. The Balaban J connectivity index is 1.96. The summed E-state index contributed by atoms with van der Waals surface area (Å²) in [4.78, 5) is 15.7. The molecule has 0 aliphatic carbocycles. The Bertz CT molecular complexity index is 1080. The van der Waals surface area contributed by atoms with Crippen LogP contribution in [0.1, 0.15) is 27.8 Å². The summed E-state index contributed by atoms with van der Waals surface area (Å²) >= 11 is 0. The van der Waals surface area contributed by atoms with Gasteiger partial charge in [0.25, 0.3) is 0 Å². The number of halogens is 1. The highest BCUT2D eigenvalue weighted by Gasteiger charge is 2.26. The average Bonchev–Trinajstić information content (AvgIpc) is 3.12. The van der Waals surface area contributed by atoms with Crippen LogP contribution in [0.3, 0.4) is 0 Å². The molecular weight excluding hydrogens is 385 g/mol. The molecule has 0 saturated heterocycles. The molecule has 3 rings (SSSR count). The number of hydrogen-bond acceptors (Lipinski definition) is 5. The van der Waals surface area contributed by atoms with Gasteiger partial charge in [-0.1, -0.05) is 12.1 Å². The van der Waals surface area contributed by atoms with Crippen molar-refractivity contribution in [2.75, 3.05) is 7.11 Å². The number of esters is 1. The van der Waals surface area contributed by atoms with E-state index in [1.54, 1.807) is 24.0 Å². The Morgan fingerprint density at radius 2 is 1.79 bits per heavy atom. The lowest BCUT2D eigenvalue weighted by atomic mass is 10.1. The second kappa shape index (κ2) is 7.91. The Hall–Kier alpha value is -3.04. The summed E-state index contributed by atoms with van der Waals surface area (Å²) in [6, 6.07) is 10.0. The summed E-state index contributed by atoms with van der Waals surface area (Å²) in [5.74, 6) is -0.543. The van der Waals surface area contributed by atoms with Crippen molar-refractivity contribution in [2.24, 2.45) is 7.05 Å². The highest BCUT2D eigenvalue weighted by atomic mass is 32.2. The van der Waals surface area contributed by atoms with Crippen molar-refractivity contribution in [3.05, 3.63) is 83.7 Å². The van der Waals surface area contributed by atoms with Crippen molar-refractivity contribution in [2.45, 2.75) is 10.9 Å². The number of nitrogens with zero attached hydrogens (tertiary/aromatic N) is 2. The lowest BCUT2D eigenvalue weighted by Crippen LogP contribution is -2.31. The van der Waals surface area contributed by atoms with E-state index in [4.69, 9.17) is 0 Å². The first kappa shape index (κ1) is 19.7. The number of rotatable bonds is 6. The van der Waals surface area contributed by atoms with Crippen LogP contribution in [0.25, 0.3) is 0 Å². The van der Waals surface area contributed by atoms with E-state index in [9.17, 15) is 17.6 Å². The van der Waals surface area contributed by atoms with Gasteiger partial charge in [-0.05, 0) is 42.0 Å². The number of carbonyl (C=O) groups is 1. The highest BCUT2D eigenvalue weighted by Crippen LogP contribution is 2.24. The number of ether oxygens (including phenoxy) is 1. The molecule has 2 aromatic carbocycles. The molecule has 0 aliphatic heterocycles. The first-order valence-corrected chi connectivity index (χ1v) is 9.73. The van der Waals surface area contributed by atoms with E-state index in [2.05, 4.69) is 14.4 Å². The molecule has 0 radical (unpaired) electrons. The van der Waals surface area contributed by atoms with Gasteiger partial charge in [0.15, 0.2) is 0 Å². The quantitative estimate of drug-likeness (QED) is 0.639. The van der Waals surface area contributed by atoms with E-state index in [1.165, 1.54) is 55.6 Å². The Kier molecular flexibility index (Phi) is 5.57. The van der Waals surface area contributed by atoms with Gasteiger partial charge in [0, 0.05) is 19.4 Å². The number of carbonyl (C=O) groups excluding carboxylic acids is 1. The van der Waals surface area contributed by atoms with Crippen LogP contribution in [0.2, 0.25) is 0 Å². The molecule has 0 saturated carbocycles. The smallest absolute Gasteiger partial charge is 0.337 e. The molecule has 1 unspecified atom stereocenters. The van der Waals surface area contributed by atoms with Gasteiger partial charge in [0.1, 0.15) is 17.7 Å². The predicted octanol–water partition coefficient (Wildman–Crippen LogP) is 2.41. The predicted molar refractivity (Wildman–Crippen MR) is 99.6 cm³/mol. The minimum atomic E-state index is -3.96. The number of aromatic nitrogens is 2. The average molecular weight is 403 g/mol. The fourth-order valence-corrected chi connectivity index (χ4v) is 3.87. The molecule has 1 heterocycles. The molecule has 1 aromatic heterocycles. The van der Waals surface area contributed by atoms with Gasteiger partial charge in [-0.2, -0.15) is 4.72 Å². The van der Waals surface area contributed by atoms with Crippen LogP contribution >= 0.6 is 0 Å². The third kappa shape index (κ3) is 4.10. The maximum absolute atomic E-state index is 13.3. The standard InChI is InChI=1S/C19H18FN3O4S/c1-23-12-11-21-18(23)17(13-3-7-15(20)8-4-13)22-28(25,26)16-9-5-14(6-10-16)19(24)27-2/h3-12,17,22H,1-2H3. The molecule has 146 valence electrons. The van der Waals surface area contributed by atoms with Crippen molar-refractivity contribution >= 4 is 16.0 Å². The van der Waals surface area contributed by atoms with Gasteiger partial charge in [-0.3, -0.25) is 0 Å². The summed E-state index contributed by atoms with van der Waals surface area (Å²) < 4.78 is 48.0. The van der Waals surface area contributed by atoms with Crippen LogP contribution in [0.4, 0.5) is 4.39 Å². The highest BCUT2D eigenvalue weighted by molar-refractivity contribution is 7.89. The first-order valence-electron chi connectivity index (χ1n) is 8.25. The van der Waals surface area contributed by atoms with Crippen LogP contribution in [-0.2, 0) is 21.8 Å². The number of aryl methyl sites for hydroxylation is 1. The van der Waals surface area contributed by atoms with Crippen molar-refractivity contribution in [3.8, 4) is 0 Å². The summed E-state index contributed by atoms with van der Waals surface area (Å²) in [6.45, 7) is 0. The zero-order chi connectivity index (χ0) is 20.3. The molecule has 0 aliphatic rings. The van der Waals surface area contributed by atoms with Gasteiger partial charge in [0.2, 0.25) is 10.0 Å². The number of methoxy groups -OCH3 is 1. The molecule has 3 aromatic rings. The van der Waals surface area contributed by atoms with Crippen molar-refractivity contribution in [1.29, 1.82) is 0 Å². The molecule has 0 fully saturated rings. The molecule has 0 amide bonds. The molecule has 7 nitrogen and oxygen atoms in total. The lowest BCUT2D eigenvalue weighted by molar-refractivity contribution is 0.0600. The minimum absolute atomic E-state index is 0.0264. The largest absolute Gasteiger partial charge is 0.465 e. The fourth-order valence-electron chi connectivity index (χ4n) is 2.69. The molecule has 0 bridgehead atoms. The van der Waals surface area contributed by atoms with Crippen molar-refractivity contribution in [1.82, 2.24) is 14.3 Å². The summed E-state index contributed by atoms with van der Waals surface area (Å²) in [5, 5.41) is 0. The molecular formula is C19H18FN3O4S. The van der Waals surface area contributed by atoms with Gasteiger partial charge in [-0.15, -0.1) is 0 Å². The first-order chi connectivity index (χ1) is 13.3. The van der Waals surface area contributed by atoms with E-state index >= 15 is 0 Å². The van der Waals surface area contributed by atoms with Crippen LogP contribution in [-0.4, -0.2) is 31.0 Å². The summed E-state index contributed by atoms with van der Waals surface area (Å²) in [7, 11) is -0.980. The molecule has 28 heavy (non-hydrogen) atoms. The lowest BCUT2D eigenvalue weighted by Gasteiger charge is -2.19. The zero-order valence-electron chi connectivity index (χ0n) is 15.2. The maximum atomic E-state index is 13.3. The van der Waals surface area contributed by atoms with Gasteiger partial charge < -0.3 is 9.30 Å². The number of benzene rings is 2. The maximum Gasteiger partial charge on any atom is 0.337 e. The van der Waals surface area contributed by atoms with Crippen LogP contribution in [0.5, 0.6) is 0 Å². The van der Waals surface area contributed by atoms with Crippen LogP contribution in [0, 0.1) is 5.82 Å². The van der Waals surface area contributed by atoms with E-state index < -0.39 is 27.9 Å². The number of imidazole rings is 1. The monoisotopic (exact) mass is 403 g/mol. The minimum Gasteiger partial charge on any atom is -0.465 e. The number of hydrogen-bond donors (Lipinski definition) is 1. The van der Waals surface area contributed by atoms with Gasteiger partial charge in [-0.25, -0.2) is 22.6 Å². The van der Waals surface area contributed by atoms with E-state index in [0.717, 1.165) is 0 Å². The molecule has 0 spiro atoms. The van der Waals surface area contributed by atoms with E-state index in [-0.39, 0.29) is 10.5 Å². The topological polar surface area (TPSA) is 90.3 Å². The summed E-state index contributed by atoms with van der Waals surface area (Å²) in [6.07, 6.45) is 3.23. The Morgan fingerprint density at radius 1 is 1.14 bits per heavy atom. The fraction of sp³-hybridized carbons (Fsp3) is 0.158. The number of nitrogens with one attached hydrogen (secondary N) is 1. The molecule has 9 heteroatoms. The normalized spacial score (nSPS) is 12.5. The third-order valence-electron chi connectivity index (χ3n) is 4.18. The van der Waals surface area contributed by atoms with Gasteiger partial charge in [0.05, 0.1) is 17.6 Å². The third-order valence-corrected chi connectivity index (χ3v) is 5.62. The molecule has 1 N–H and O–H groups in total. The second-order valence-corrected chi connectivity index (χ2v) is 7.73. The Labute approximate surface area is 161 Å². The number of sulfonamides is 1.